The molecule has 4 heteroatoms. The molecule has 0 unspecified atom stereocenters. The summed E-state index contributed by atoms with van der Waals surface area (Å²) < 4.78 is 0. The van der Waals surface area contributed by atoms with E-state index in [2.05, 4.69) is 27.8 Å². The van der Waals surface area contributed by atoms with Gasteiger partial charge in [0.2, 0.25) is 0 Å². The molecule has 1 heterocycles. The number of aromatic amines is 1. The molecule has 2 aromatic carbocycles. The fourth-order valence-electron chi connectivity index (χ4n) is 1.83. The van der Waals surface area contributed by atoms with Crippen LogP contribution in [0.4, 0.5) is 0 Å². The first kappa shape index (κ1) is 28.5. The smallest absolute Gasteiger partial charge is 0.137 e. The minimum absolute atomic E-state index is 0. The first-order valence-corrected chi connectivity index (χ1v) is 8.17. The summed E-state index contributed by atoms with van der Waals surface area (Å²) in [7, 11) is 1.50. The molecule has 0 spiro atoms. The molecular weight excluding hydrogens is 383 g/mol. The molecule has 3 nitrogen and oxygen atoms in total. The molecule has 0 aliphatic carbocycles. The van der Waals surface area contributed by atoms with Crippen molar-refractivity contribution in [3.05, 3.63) is 74.3 Å². The Kier molecular flexibility index (Phi) is 21.7. The summed E-state index contributed by atoms with van der Waals surface area (Å²) in [5.74, 6) is 0.907. The maximum Gasteiger partial charge on any atom is 0.137 e. The van der Waals surface area contributed by atoms with Gasteiger partial charge in [-0.15, -0.1) is 0 Å². The zero-order valence-electron chi connectivity index (χ0n) is 16.5. The molecule has 1 aromatic heterocycles. The van der Waals surface area contributed by atoms with E-state index in [-0.39, 0.29) is 40.1 Å². The Morgan fingerprint density at radius 1 is 0.720 bits per heavy atom. The van der Waals surface area contributed by atoms with Crippen LogP contribution in [0.2, 0.25) is 0 Å². The van der Waals surface area contributed by atoms with Gasteiger partial charge in [-0.05, 0) is 12.6 Å². The molecule has 1 radical (unpaired) electrons. The fraction of sp³-hybridized carbons (Fsp3) is 0.238. The van der Waals surface area contributed by atoms with Crippen LogP contribution in [0.1, 0.15) is 27.7 Å². The minimum atomic E-state index is 0. The normalized spacial score (nSPS) is 7.76. The Labute approximate surface area is 179 Å². The van der Waals surface area contributed by atoms with E-state index >= 15 is 0 Å². The molecule has 135 valence electrons. The quantitative estimate of drug-likeness (QED) is 0.518. The van der Waals surface area contributed by atoms with Gasteiger partial charge in [0.25, 0.3) is 0 Å². The number of imidazole rings is 1. The van der Waals surface area contributed by atoms with Crippen LogP contribution >= 0.6 is 0 Å². The maximum absolute atomic E-state index is 4.50. The monoisotopic (exact) mass is 415 g/mol. The summed E-state index contributed by atoms with van der Waals surface area (Å²) in [5.41, 5.74) is 7.81. The van der Waals surface area contributed by atoms with E-state index in [4.69, 9.17) is 0 Å². The van der Waals surface area contributed by atoms with E-state index < -0.39 is 0 Å². The zero-order chi connectivity index (χ0) is 17.5. The second kappa shape index (κ2) is 19.0. The van der Waals surface area contributed by atoms with Crippen molar-refractivity contribution in [2.24, 2.45) is 5.73 Å². The zero-order valence-corrected chi connectivity index (χ0v) is 19.3. The Balaban J connectivity index is -0.000000551. The van der Waals surface area contributed by atoms with Crippen LogP contribution in [-0.2, 0) is 32.7 Å². The van der Waals surface area contributed by atoms with E-state index in [0.29, 0.717) is 0 Å². The number of rotatable bonds is 2. The van der Waals surface area contributed by atoms with E-state index in [0.717, 1.165) is 22.6 Å². The van der Waals surface area contributed by atoms with Crippen LogP contribution in [0.25, 0.3) is 22.6 Å². The summed E-state index contributed by atoms with van der Waals surface area (Å²) in [4.78, 5) is 7.74. The largest absolute Gasteiger partial charge is 0.358 e. The van der Waals surface area contributed by atoms with E-state index in [1.165, 1.54) is 7.05 Å². The summed E-state index contributed by atoms with van der Waals surface area (Å²) in [6.07, 6.45) is 1.87. The molecule has 25 heavy (non-hydrogen) atoms. The molecule has 0 saturated heterocycles. The second-order valence-corrected chi connectivity index (χ2v) is 3.88. The molecule has 0 aliphatic heterocycles. The number of nitrogens with two attached hydrogens (primary N) is 1. The van der Waals surface area contributed by atoms with Crippen molar-refractivity contribution < 1.29 is 32.7 Å². The van der Waals surface area contributed by atoms with Crippen molar-refractivity contribution >= 4 is 0 Å². The third-order valence-corrected chi connectivity index (χ3v) is 2.71. The number of nitrogens with zero attached hydrogens (tertiary/aromatic N) is 1. The summed E-state index contributed by atoms with van der Waals surface area (Å²) in [6.45, 7) is 8.00. The number of nitrogens with one attached hydrogen (secondary N) is 1. The van der Waals surface area contributed by atoms with E-state index in [1.807, 2.05) is 82.4 Å². The van der Waals surface area contributed by atoms with Crippen molar-refractivity contribution in [3.63, 3.8) is 0 Å². The molecular formula is C21H32N3Y-. The Morgan fingerprint density at radius 3 is 1.56 bits per heavy atom. The van der Waals surface area contributed by atoms with Gasteiger partial charge in [-0.2, -0.15) is 0 Å². The van der Waals surface area contributed by atoms with Gasteiger partial charge in [0.15, 0.2) is 0 Å². The number of aromatic nitrogens is 2. The van der Waals surface area contributed by atoms with Crippen LogP contribution < -0.4 is 5.73 Å². The Hall–Kier alpha value is -1.29. The standard InChI is InChI=1S/C15H12N2.2C2H6.CH5N.CH3.Y/c1-3-7-12(8-4-1)14-11-16-15(17-14)13-9-5-2-6-10-13;3*1-2;;/h1-11H,(H,16,17);2*1-2H3;2H2,1H3;1H3;/q;;;;-1;. The van der Waals surface area contributed by atoms with E-state index in [1.54, 1.807) is 0 Å². The summed E-state index contributed by atoms with van der Waals surface area (Å²) in [5, 5.41) is 0. The topological polar surface area (TPSA) is 54.7 Å². The molecule has 3 aromatic rings. The Morgan fingerprint density at radius 2 is 1.12 bits per heavy atom. The van der Waals surface area contributed by atoms with Gasteiger partial charge >= 0.3 is 0 Å². The number of hydrogen-bond donors (Lipinski definition) is 2. The Bertz CT molecular complexity index is 553. The molecule has 0 bridgehead atoms. The van der Waals surface area contributed by atoms with Gasteiger partial charge in [0.1, 0.15) is 5.82 Å². The molecule has 0 atom stereocenters. The van der Waals surface area contributed by atoms with Crippen molar-refractivity contribution in [1.82, 2.24) is 9.97 Å². The first-order valence-electron chi connectivity index (χ1n) is 8.17. The van der Waals surface area contributed by atoms with Gasteiger partial charge in [-0.1, -0.05) is 88.4 Å². The summed E-state index contributed by atoms with van der Waals surface area (Å²) >= 11 is 0. The minimum Gasteiger partial charge on any atom is -0.358 e. The molecule has 0 amide bonds. The molecule has 3 N–H and O–H groups in total. The van der Waals surface area contributed by atoms with Crippen molar-refractivity contribution in [1.29, 1.82) is 0 Å². The fourth-order valence-corrected chi connectivity index (χ4v) is 1.83. The van der Waals surface area contributed by atoms with Gasteiger partial charge in [-0.25, -0.2) is 4.98 Å². The number of H-pyrrole nitrogens is 1. The maximum atomic E-state index is 4.50. The summed E-state index contributed by atoms with van der Waals surface area (Å²) in [6, 6.07) is 20.3. The predicted octanol–water partition coefficient (Wildman–Crippen LogP) is 5.82. The molecule has 0 saturated carbocycles. The number of hydrogen-bond acceptors (Lipinski definition) is 2. The van der Waals surface area contributed by atoms with Crippen molar-refractivity contribution in [2.75, 3.05) is 7.05 Å². The average molecular weight is 415 g/mol. The van der Waals surface area contributed by atoms with Crippen LogP contribution in [0.5, 0.6) is 0 Å². The predicted molar refractivity (Wildman–Crippen MR) is 109 cm³/mol. The van der Waals surface area contributed by atoms with Gasteiger partial charge in [0.05, 0.1) is 11.9 Å². The van der Waals surface area contributed by atoms with Gasteiger partial charge in [-0.3, -0.25) is 0 Å². The van der Waals surface area contributed by atoms with Crippen LogP contribution in [0.3, 0.4) is 0 Å². The third kappa shape index (κ3) is 9.69. The van der Waals surface area contributed by atoms with Gasteiger partial charge < -0.3 is 18.1 Å². The van der Waals surface area contributed by atoms with Crippen LogP contribution in [-0.4, -0.2) is 17.0 Å². The molecule has 0 fully saturated rings. The first-order chi connectivity index (χ1) is 11.4. The van der Waals surface area contributed by atoms with Crippen LogP contribution in [0, 0.1) is 7.43 Å². The SMILES string of the molecule is CC.CC.CN.[CH3-].[Y].c1ccc(-c2cnc(-c3ccccc3)[nH]2)cc1. The second-order valence-electron chi connectivity index (χ2n) is 3.88. The van der Waals surface area contributed by atoms with Crippen molar-refractivity contribution in [3.8, 4) is 22.6 Å². The van der Waals surface area contributed by atoms with E-state index in [9.17, 15) is 0 Å². The van der Waals surface area contributed by atoms with Crippen molar-refractivity contribution in [2.45, 2.75) is 27.7 Å². The number of benzene rings is 2. The van der Waals surface area contributed by atoms with Gasteiger partial charge in [0, 0.05) is 38.3 Å². The molecule has 3 rings (SSSR count). The van der Waals surface area contributed by atoms with Crippen LogP contribution in [0.15, 0.2) is 66.9 Å². The third-order valence-electron chi connectivity index (χ3n) is 2.71. The average Bonchev–Trinajstić information content (AvgIpc) is 3.18. The molecule has 0 aliphatic rings.